The molecule has 0 bridgehead atoms. The number of hydrogen-bond acceptors (Lipinski definition) is 3. The molecule has 3 rings (SSSR count). The van der Waals surface area contributed by atoms with Gasteiger partial charge in [0.05, 0.1) is 6.04 Å². The van der Waals surface area contributed by atoms with Crippen LogP contribution in [0.15, 0.2) is 53.2 Å². The third-order valence-electron chi connectivity index (χ3n) is 3.47. The van der Waals surface area contributed by atoms with Crippen LogP contribution in [0.2, 0.25) is 0 Å². The highest BCUT2D eigenvalue weighted by molar-refractivity contribution is 5.78. The van der Waals surface area contributed by atoms with Gasteiger partial charge < -0.3 is 9.73 Å². The van der Waals surface area contributed by atoms with Crippen LogP contribution < -0.4 is 5.32 Å². The topological polar surface area (TPSA) is 38.1 Å². The van der Waals surface area contributed by atoms with Crippen molar-refractivity contribution in [1.82, 2.24) is 10.3 Å². The third-order valence-corrected chi connectivity index (χ3v) is 3.47. The molecule has 4 heteroatoms. The van der Waals surface area contributed by atoms with Gasteiger partial charge in [0.1, 0.15) is 5.76 Å². The molecule has 1 N–H and O–H groups in total. The molecule has 108 valence electrons. The van der Waals surface area contributed by atoms with Crippen molar-refractivity contribution < 1.29 is 8.81 Å². The van der Waals surface area contributed by atoms with Crippen molar-refractivity contribution in [3.8, 4) is 0 Å². The van der Waals surface area contributed by atoms with Crippen molar-refractivity contribution in [2.24, 2.45) is 0 Å². The Hall–Kier alpha value is -2.20. The first-order chi connectivity index (χ1) is 10.3. The van der Waals surface area contributed by atoms with E-state index >= 15 is 0 Å². The molecule has 3 nitrogen and oxygen atoms in total. The largest absolute Gasteiger partial charge is 0.456 e. The van der Waals surface area contributed by atoms with Crippen LogP contribution in [-0.2, 0) is 6.42 Å². The average Bonchev–Trinajstić information content (AvgIpc) is 2.93. The summed E-state index contributed by atoms with van der Waals surface area (Å²) in [5, 5.41) is 4.17. The fourth-order valence-electron chi connectivity index (χ4n) is 2.49. The van der Waals surface area contributed by atoms with Crippen molar-refractivity contribution in [2.75, 3.05) is 6.54 Å². The lowest BCUT2D eigenvalue weighted by Crippen LogP contribution is -2.22. The van der Waals surface area contributed by atoms with Gasteiger partial charge in [-0.25, -0.2) is 4.39 Å². The van der Waals surface area contributed by atoms with E-state index in [0.29, 0.717) is 5.58 Å². The minimum absolute atomic E-state index is 0.00556. The maximum Gasteiger partial charge on any atom is 0.169 e. The highest BCUT2D eigenvalue weighted by atomic mass is 19.1. The highest BCUT2D eigenvalue weighted by Gasteiger charge is 2.17. The van der Waals surface area contributed by atoms with Crippen molar-refractivity contribution in [3.63, 3.8) is 0 Å². The number of furan rings is 1. The Morgan fingerprint density at radius 2 is 2.19 bits per heavy atom. The lowest BCUT2D eigenvalue weighted by Gasteiger charge is -2.15. The molecule has 2 aromatic heterocycles. The van der Waals surface area contributed by atoms with Gasteiger partial charge in [-0.05, 0) is 36.7 Å². The van der Waals surface area contributed by atoms with Crippen molar-refractivity contribution in [3.05, 3.63) is 65.9 Å². The summed E-state index contributed by atoms with van der Waals surface area (Å²) in [5.41, 5.74) is 1.44. The number of fused-ring (bicyclic) bond motifs is 1. The molecule has 21 heavy (non-hydrogen) atoms. The van der Waals surface area contributed by atoms with Crippen LogP contribution in [0.25, 0.3) is 11.0 Å². The van der Waals surface area contributed by atoms with E-state index in [2.05, 4.69) is 10.3 Å². The van der Waals surface area contributed by atoms with Gasteiger partial charge in [0.25, 0.3) is 0 Å². The van der Waals surface area contributed by atoms with E-state index in [0.717, 1.165) is 29.7 Å². The predicted octanol–water partition coefficient (Wildman–Crippen LogP) is 3.86. The second-order valence-electron chi connectivity index (χ2n) is 4.98. The van der Waals surface area contributed by atoms with Gasteiger partial charge in [-0.1, -0.05) is 25.1 Å². The molecular formula is C17H17FN2O. The number of nitrogens with zero attached hydrogens (tertiary/aromatic N) is 1. The van der Waals surface area contributed by atoms with Gasteiger partial charge in [-0.3, -0.25) is 4.98 Å². The third kappa shape index (κ3) is 2.95. The number of para-hydroxylation sites is 1. The Morgan fingerprint density at radius 3 is 2.90 bits per heavy atom. The molecule has 1 unspecified atom stereocenters. The summed E-state index contributed by atoms with van der Waals surface area (Å²) in [7, 11) is 0. The van der Waals surface area contributed by atoms with Gasteiger partial charge in [-0.2, -0.15) is 0 Å². The van der Waals surface area contributed by atoms with Crippen LogP contribution in [-0.4, -0.2) is 11.5 Å². The van der Waals surface area contributed by atoms with E-state index in [4.69, 9.17) is 4.42 Å². The fraction of sp³-hybridized carbons (Fsp3) is 0.235. The Morgan fingerprint density at radius 1 is 1.29 bits per heavy atom. The van der Waals surface area contributed by atoms with Crippen LogP contribution in [0, 0.1) is 5.82 Å². The SMILES string of the molecule is CCNC(Cc1cccnc1)c1cc2cccc(F)c2o1. The van der Waals surface area contributed by atoms with Gasteiger partial charge in [-0.15, -0.1) is 0 Å². The molecule has 0 amide bonds. The number of halogens is 1. The van der Waals surface area contributed by atoms with Gasteiger partial charge in [0, 0.05) is 17.8 Å². The Balaban J connectivity index is 1.93. The lowest BCUT2D eigenvalue weighted by molar-refractivity contribution is 0.427. The van der Waals surface area contributed by atoms with Crippen LogP contribution in [0.3, 0.4) is 0 Å². The second-order valence-corrected chi connectivity index (χ2v) is 4.98. The van der Waals surface area contributed by atoms with Crippen molar-refractivity contribution in [2.45, 2.75) is 19.4 Å². The second kappa shape index (κ2) is 6.06. The molecule has 1 aromatic carbocycles. The number of nitrogens with one attached hydrogen (secondary N) is 1. The van der Waals surface area contributed by atoms with E-state index in [9.17, 15) is 4.39 Å². The number of pyridine rings is 1. The van der Waals surface area contributed by atoms with Gasteiger partial charge >= 0.3 is 0 Å². The van der Waals surface area contributed by atoms with Crippen LogP contribution in [0.4, 0.5) is 4.39 Å². The van der Waals surface area contributed by atoms with Gasteiger partial charge in [0.2, 0.25) is 0 Å². The Bertz CT molecular complexity index is 724. The zero-order valence-corrected chi connectivity index (χ0v) is 11.8. The minimum Gasteiger partial charge on any atom is -0.456 e. The quantitative estimate of drug-likeness (QED) is 0.773. The summed E-state index contributed by atoms with van der Waals surface area (Å²) >= 11 is 0. The van der Waals surface area contributed by atoms with E-state index in [1.807, 2.05) is 37.4 Å². The number of likely N-dealkylation sites (N-methyl/N-ethyl adjacent to an activating group) is 1. The summed E-state index contributed by atoms with van der Waals surface area (Å²) in [6, 6.07) is 10.8. The molecule has 2 heterocycles. The lowest BCUT2D eigenvalue weighted by atomic mass is 10.1. The number of aromatic nitrogens is 1. The molecule has 0 saturated carbocycles. The summed E-state index contributed by atoms with van der Waals surface area (Å²) < 4.78 is 19.5. The predicted molar refractivity (Wildman–Crippen MR) is 80.5 cm³/mol. The molecule has 0 saturated heterocycles. The summed E-state index contributed by atoms with van der Waals surface area (Å²) in [6.07, 6.45) is 4.35. The maximum atomic E-state index is 13.8. The number of rotatable bonds is 5. The smallest absolute Gasteiger partial charge is 0.169 e. The molecule has 0 aliphatic carbocycles. The Labute approximate surface area is 122 Å². The average molecular weight is 284 g/mol. The van der Waals surface area contributed by atoms with Crippen molar-refractivity contribution >= 4 is 11.0 Å². The Kier molecular flexibility index (Phi) is 3.97. The summed E-state index contributed by atoms with van der Waals surface area (Å²) in [6.45, 7) is 2.85. The monoisotopic (exact) mass is 284 g/mol. The molecule has 3 aromatic rings. The zero-order chi connectivity index (χ0) is 14.7. The summed E-state index contributed by atoms with van der Waals surface area (Å²) in [5.74, 6) is 0.427. The molecule has 1 atom stereocenters. The number of benzene rings is 1. The molecule has 0 fully saturated rings. The van der Waals surface area contributed by atoms with E-state index in [1.165, 1.54) is 6.07 Å². The maximum absolute atomic E-state index is 13.8. The normalized spacial score (nSPS) is 12.7. The van der Waals surface area contributed by atoms with E-state index < -0.39 is 0 Å². The fourth-order valence-corrected chi connectivity index (χ4v) is 2.49. The van der Waals surface area contributed by atoms with Crippen LogP contribution in [0.5, 0.6) is 0 Å². The molecule has 0 aliphatic heterocycles. The first-order valence-electron chi connectivity index (χ1n) is 7.08. The standard InChI is InChI=1S/C17H17FN2O/c1-2-20-15(9-12-5-4-8-19-11-12)16-10-13-6-3-7-14(18)17(13)21-16/h3-8,10-11,15,20H,2,9H2,1H3. The molecular weight excluding hydrogens is 267 g/mol. The number of hydrogen-bond donors (Lipinski definition) is 1. The highest BCUT2D eigenvalue weighted by Crippen LogP contribution is 2.27. The molecule has 0 aliphatic rings. The van der Waals surface area contributed by atoms with Gasteiger partial charge in [0.15, 0.2) is 11.4 Å². The van der Waals surface area contributed by atoms with Crippen molar-refractivity contribution in [1.29, 1.82) is 0 Å². The summed E-state index contributed by atoms with van der Waals surface area (Å²) in [4.78, 5) is 4.13. The molecule has 0 spiro atoms. The zero-order valence-electron chi connectivity index (χ0n) is 11.8. The van der Waals surface area contributed by atoms with E-state index in [-0.39, 0.29) is 11.9 Å². The van der Waals surface area contributed by atoms with Crippen LogP contribution >= 0.6 is 0 Å². The first-order valence-corrected chi connectivity index (χ1v) is 7.08. The molecule has 0 radical (unpaired) electrons. The van der Waals surface area contributed by atoms with E-state index in [1.54, 1.807) is 12.3 Å². The first kappa shape index (κ1) is 13.8. The van der Waals surface area contributed by atoms with Crippen LogP contribution in [0.1, 0.15) is 24.3 Å². The minimum atomic E-state index is -0.324.